The molecule has 0 aliphatic heterocycles. The summed E-state index contributed by atoms with van der Waals surface area (Å²) >= 11 is 0. The highest BCUT2D eigenvalue weighted by Gasteiger charge is 2.06. The lowest BCUT2D eigenvalue weighted by atomic mass is 9.93. The Labute approximate surface area is 59.8 Å². The van der Waals surface area contributed by atoms with Crippen LogP contribution < -0.4 is 10.4 Å². The minimum Gasteiger partial charge on any atom is -0.0911 e. The van der Waals surface area contributed by atoms with Gasteiger partial charge in [-0.3, -0.25) is 0 Å². The lowest BCUT2D eigenvalue weighted by Crippen LogP contribution is -2.31. The molecule has 1 aliphatic carbocycles. The molecule has 0 radical (unpaired) electrons. The fourth-order valence-corrected chi connectivity index (χ4v) is 1.24. The Balaban J connectivity index is 2.97. The molecule has 0 saturated heterocycles. The minimum atomic E-state index is 1.10. The maximum absolute atomic E-state index is 3.89. The standard InChI is InChI=1S/C10H8/c1-7-4-3-5-9-8(2)6-10(7)9/h3-6H,1-2H2. The predicted molar refractivity (Wildman–Crippen MR) is 44.7 cm³/mol. The first-order chi connectivity index (χ1) is 4.79. The van der Waals surface area contributed by atoms with E-state index in [0.29, 0.717) is 0 Å². The number of rotatable bonds is 0. The quantitative estimate of drug-likeness (QED) is 0.487. The normalized spacial score (nSPS) is 13.4. The van der Waals surface area contributed by atoms with Crippen molar-refractivity contribution in [2.45, 2.75) is 0 Å². The minimum absolute atomic E-state index is 1.10. The fourth-order valence-electron chi connectivity index (χ4n) is 1.24. The van der Waals surface area contributed by atoms with Crippen molar-refractivity contribution in [1.82, 2.24) is 0 Å². The van der Waals surface area contributed by atoms with E-state index in [-0.39, 0.29) is 0 Å². The molecule has 1 aromatic rings. The average Bonchev–Trinajstić information content (AvgIpc) is 1.91. The molecule has 1 aromatic carbocycles. The third-order valence-corrected chi connectivity index (χ3v) is 1.86. The van der Waals surface area contributed by atoms with Crippen LogP contribution >= 0.6 is 0 Å². The monoisotopic (exact) mass is 128 g/mol. The molecule has 0 aromatic heterocycles. The van der Waals surface area contributed by atoms with Crippen molar-refractivity contribution >= 4 is 18.2 Å². The molecule has 1 aliphatic rings. The van der Waals surface area contributed by atoms with Gasteiger partial charge in [0.1, 0.15) is 0 Å². The van der Waals surface area contributed by atoms with Crippen molar-refractivity contribution in [3.05, 3.63) is 40.8 Å². The van der Waals surface area contributed by atoms with E-state index >= 15 is 0 Å². The molecule has 0 heterocycles. The average molecular weight is 128 g/mol. The van der Waals surface area contributed by atoms with Crippen LogP contribution in [0.3, 0.4) is 0 Å². The Kier molecular flexibility index (Phi) is 0.877. The summed E-state index contributed by atoms with van der Waals surface area (Å²) in [5, 5.41) is 2.36. The van der Waals surface area contributed by atoms with Crippen LogP contribution in [0.15, 0.2) is 24.8 Å². The highest BCUT2D eigenvalue weighted by molar-refractivity contribution is 5.95. The Hall–Kier alpha value is -1.30. The molecule has 2 rings (SSSR count). The second-order valence-corrected chi connectivity index (χ2v) is 2.55. The summed E-state index contributed by atoms with van der Waals surface area (Å²) in [5.74, 6) is 0. The van der Waals surface area contributed by atoms with Crippen LogP contribution in [-0.4, -0.2) is 0 Å². The summed E-state index contributed by atoms with van der Waals surface area (Å²) in [4.78, 5) is 0. The highest BCUT2D eigenvalue weighted by Crippen LogP contribution is 2.14. The zero-order chi connectivity index (χ0) is 7.14. The number of hydrogen-bond donors (Lipinski definition) is 0. The van der Waals surface area contributed by atoms with Crippen molar-refractivity contribution < 1.29 is 0 Å². The van der Waals surface area contributed by atoms with E-state index in [1.807, 2.05) is 12.1 Å². The molecule has 0 N–H and O–H groups in total. The van der Waals surface area contributed by atoms with Gasteiger partial charge in [0, 0.05) is 0 Å². The fraction of sp³-hybridized carbons (Fsp3) is 0. The maximum Gasteiger partial charge on any atom is -0.0106 e. The van der Waals surface area contributed by atoms with Crippen LogP contribution in [0.25, 0.3) is 18.2 Å². The molecular weight excluding hydrogens is 120 g/mol. The van der Waals surface area contributed by atoms with Crippen LogP contribution in [0.2, 0.25) is 0 Å². The number of allylic oxidation sites excluding steroid dienone is 1. The Morgan fingerprint density at radius 1 is 1.10 bits per heavy atom. The maximum atomic E-state index is 3.89. The Morgan fingerprint density at radius 3 is 2.50 bits per heavy atom. The zero-order valence-corrected chi connectivity index (χ0v) is 5.72. The Bertz CT molecular complexity index is 397. The number of fused-ring (bicyclic) bond motifs is 1. The van der Waals surface area contributed by atoms with Crippen molar-refractivity contribution in [2.75, 3.05) is 0 Å². The summed E-state index contributed by atoms with van der Waals surface area (Å²) in [7, 11) is 0. The summed E-state index contributed by atoms with van der Waals surface area (Å²) < 4.78 is 0. The van der Waals surface area contributed by atoms with Crippen LogP contribution in [0.1, 0.15) is 5.56 Å². The van der Waals surface area contributed by atoms with E-state index in [4.69, 9.17) is 0 Å². The van der Waals surface area contributed by atoms with Gasteiger partial charge < -0.3 is 0 Å². The summed E-state index contributed by atoms with van der Waals surface area (Å²) in [6, 6.07) is 6.10. The Morgan fingerprint density at radius 2 is 1.90 bits per heavy atom. The second-order valence-electron chi connectivity index (χ2n) is 2.55. The molecule has 48 valence electrons. The van der Waals surface area contributed by atoms with Crippen LogP contribution in [0.4, 0.5) is 0 Å². The second kappa shape index (κ2) is 1.60. The molecule has 0 fully saturated rings. The largest absolute Gasteiger partial charge is 0.0911 e. The molecule has 0 heteroatoms. The van der Waals surface area contributed by atoms with Gasteiger partial charge in [-0.25, -0.2) is 0 Å². The van der Waals surface area contributed by atoms with Crippen molar-refractivity contribution in [2.24, 2.45) is 0 Å². The van der Waals surface area contributed by atoms with Crippen molar-refractivity contribution in [1.29, 1.82) is 0 Å². The molecule has 0 unspecified atom stereocenters. The molecule has 0 spiro atoms. The van der Waals surface area contributed by atoms with Crippen molar-refractivity contribution in [3.63, 3.8) is 0 Å². The van der Waals surface area contributed by atoms with Crippen LogP contribution in [0.5, 0.6) is 0 Å². The first-order valence-electron chi connectivity index (χ1n) is 3.28. The summed E-state index contributed by atoms with van der Waals surface area (Å²) in [6.07, 6.45) is 2.07. The van der Waals surface area contributed by atoms with E-state index in [0.717, 1.165) is 10.8 Å². The third kappa shape index (κ3) is 0.508. The topological polar surface area (TPSA) is 0 Å². The molecule has 0 bridgehead atoms. The van der Waals surface area contributed by atoms with Gasteiger partial charge >= 0.3 is 0 Å². The molecule has 0 saturated carbocycles. The van der Waals surface area contributed by atoms with E-state index in [2.05, 4.69) is 25.3 Å². The molecular formula is C10H8. The highest BCUT2D eigenvalue weighted by atomic mass is 14.1. The van der Waals surface area contributed by atoms with Gasteiger partial charge in [-0.15, -0.1) is 0 Å². The van der Waals surface area contributed by atoms with Gasteiger partial charge in [0.15, 0.2) is 0 Å². The number of benzene rings is 1. The summed E-state index contributed by atoms with van der Waals surface area (Å²) in [6.45, 7) is 7.75. The van der Waals surface area contributed by atoms with Crippen LogP contribution in [0, 0.1) is 0 Å². The number of hydrogen-bond acceptors (Lipinski definition) is 0. The van der Waals surface area contributed by atoms with Gasteiger partial charge in [-0.1, -0.05) is 31.4 Å². The van der Waals surface area contributed by atoms with Crippen LogP contribution in [-0.2, 0) is 0 Å². The van der Waals surface area contributed by atoms with E-state index < -0.39 is 0 Å². The lowest BCUT2D eigenvalue weighted by Gasteiger charge is -2.11. The van der Waals surface area contributed by atoms with E-state index in [1.54, 1.807) is 0 Å². The van der Waals surface area contributed by atoms with Crippen molar-refractivity contribution in [3.8, 4) is 0 Å². The van der Waals surface area contributed by atoms with E-state index in [9.17, 15) is 0 Å². The molecule has 0 atom stereocenters. The van der Waals surface area contributed by atoms with Gasteiger partial charge in [-0.2, -0.15) is 0 Å². The SMILES string of the molecule is C=C1C=c2c1cccc2=C. The predicted octanol–water partition coefficient (Wildman–Crippen LogP) is 0.904. The van der Waals surface area contributed by atoms with E-state index in [1.165, 1.54) is 10.8 Å². The summed E-state index contributed by atoms with van der Waals surface area (Å²) in [5.41, 5.74) is 2.38. The molecule has 10 heavy (non-hydrogen) atoms. The first kappa shape index (κ1) is 5.48. The van der Waals surface area contributed by atoms with Gasteiger partial charge in [-0.05, 0) is 27.6 Å². The molecule has 0 amide bonds. The van der Waals surface area contributed by atoms with Gasteiger partial charge in [0.05, 0.1) is 0 Å². The zero-order valence-electron chi connectivity index (χ0n) is 5.72. The first-order valence-corrected chi connectivity index (χ1v) is 3.28. The smallest absolute Gasteiger partial charge is 0.0106 e. The third-order valence-electron chi connectivity index (χ3n) is 1.86. The van der Waals surface area contributed by atoms with Gasteiger partial charge in [0.25, 0.3) is 0 Å². The molecule has 0 nitrogen and oxygen atoms in total. The van der Waals surface area contributed by atoms with Gasteiger partial charge in [0.2, 0.25) is 0 Å². The lowest BCUT2D eigenvalue weighted by molar-refractivity contribution is 1.45.